The smallest absolute Gasteiger partial charge is 0.349 e. The zero-order chi connectivity index (χ0) is 19.6. The minimum atomic E-state index is -0.954. The van der Waals surface area contributed by atoms with E-state index >= 15 is 0 Å². The minimum absolute atomic E-state index is 0.0949. The van der Waals surface area contributed by atoms with Gasteiger partial charge in [0.1, 0.15) is 17.1 Å². The molecule has 1 aliphatic heterocycles. The summed E-state index contributed by atoms with van der Waals surface area (Å²) >= 11 is 0. The fourth-order valence-electron chi connectivity index (χ4n) is 3.19. The third kappa shape index (κ3) is 4.06. The van der Waals surface area contributed by atoms with Gasteiger partial charge < -0.3 is 20.8 Å². The van der Waals surface area contributed by atoms with E-state index < -0.39 is 23.3 Å². The van der Waals surface area contributed by atoms with Crippen LogP contribution in [0.3, 0.4) is 0 Å². The lowest BCUT2D eigenvalue weighted by molar-refractivity contribution is 0.0991. The van der Waals surface area contributed by atoms with E-state index in [1.807, 2.05) is 0 Å². The van der Waals surface area contributed by atoms with E-state index in [9.17, 15) is 18.8 Å². The lowest BCUT2D eigenvalue weighted by Crippen LogP contribution is -2.30. The van der Waals surface area contributed by atoms with Gasteiger partial charge in [0.05, 0.1) is 5.56 Å². The van der Waals surface area contributed by atoms with E-state index in [0.29, 0.717) is 11.3 Å². The second kappa shape index (κ2) is 7.71. The van der Waals surface area contributed by atoms with Crippen LogP contribution in [0.2, 0.25) is 0 Å². The standard InChI is InChI=1S/C19H20FN3O4/c1-10-7-15(11-3-2-6-22-9-11)27-19(26)16(10)18(25)23-12-4-5-14(20)13(8-12)17(21)24/h4-5,7-8,11,22H,2-3,6,9H2,1H3,(H2,21,24)(H,23,25). The van der Waals surface area contributed by atoms with Crippen LogP contribution in [0.15, 0.2) is 33.5 Å². The Kier molecular flexibility index (Phi) is 5.36. The number of carbonyl (C=O) groups is 2. The van der Waals surface area contributed by atoms with Crippen molar-refractivity contribution in [1.29, 1.82) is 0 Å². The van der Waals surface area contributed by atoms with Gasteiger partial charge in [-0.15, -0.1) is 0 Å². The van der Waals surface area contributed by atoms with Crippen molar-refractivity contribution in [3.05, 3.63) is 63.0 Å². The Morgan fingerprint density at radius 1 is 1.33 bits per heavy atom. The maximum Gasteiger partial charge on any atom is 0.349 e. The molecule has 8 heteroatoms. The molecule has 1 atom stereocenters. The first-order valence-corrected chi connectivity index (χ1v) is 8.63. The van der Waals surface area contributed by atoms with Gasteiger partial charge >= 0.3 is 5.63 Å². The number of nitrogens with two attached hydrogens (primary N) is 1. The molecule has 7 nitrogen and oxygen atoms in total. The molecule has 0 radical (unpaired) electrons. The monoisotopic (exact) mass is 373 g/mol. The highest BCUT2D eigenvalue weighted by atomic mass is 19.1. The van der Waals surface area contributed by atoms with Crippen LogP contribution in [-0.4, -0.2) is 24.9 Å². The summed E-state index contributed by atoms with van der Waals surface area (Å²) in [4.78, 5) is 36.1. The van der Waals surface area contributed by atoms with Crippen molar-refractivity contribution >= 4 is 17.5 Å². The van der Waals surface area contributed by atoms with E-state index in [1.54, 1.807) is 13.0 Å². The van der Waals surface area contributed by atoms with Crippen LogP contribution in [0.5, 0.6) is 0 Å². The summed E-state index contributed by atoms with van der Waals surface area (Å²) < 4.78 is 18.9. The molecule has 0 aliphatic carbocycles. The van der Waals surface area contributed by atoms with Crippen LogP contribution in [-0.2, 0) is 0 Å². The SMILES string of the molecule is Cc1cc(C2CCCNC2)oc(=O)c1C(=O)Nc1ccc(F)c(C(N)=O)c1. The van der Waals surface area contributed by atoms with Crippen LogP contribution in [0.4, 0.5) is 10.1 Å². The van der Waals surface area contributed by atoms with Gasteiger partial charge in [-0.1, -0.05) is 0 Å². The molecule has 1 unspecified atom stereocenters. The van der Waals surface area contributed by atoms with Gasteiger partial charge in [0.15, 0.2) is 0 Å². The fraction of sp³-hybridized carbons (Fsp3) is 0.316. The lowest BCUT2D eigenvalue weighted by Gasteiger charge is -2.22. The molecule has 142 valence electrons. The number of nitrogens with one attached hydrogen (secondary N) is 2. The first-order valence-electron chi connectivity index (χ1n) is 8.63. The maximum atomic E-state index is 13.5. The zero-order valence-corrected chi connectivity index (χ0v) is 14.8. The van der Waals surface area contributed by atoms with Crippen LogP contribution < -0.4 is 22.0 Å². The fourth-order valence-corrected chi connectivity index (χ4v) is 3.19. The Hall–Kier alpha value is -3.00. The van der Waals surface area contributed by atoms with Gasteiger partial charge in [-0.05, 0) is 56.1 Å². The highest BCUT2D eigenvalue weighted by Gasteiger charge is 2.23. The molecule has 3 rings (SSSR count). The summed E-state index contributed by atoms with van der Waals surface area (Å²) in [6.45, 7) is 3.32. The summed E-state index contributed by atoms with van der Waals surface area (Å²) in [6, 6.07) is 5.12. The molecule has 4 N–H and O–H groups in total. The number of primary amides is 1. The number of piperidine rings is 1. The minimum Gasteiger partial charge on any atom is -0.427 e. The number of amides is 2. The number of hydrogen-bond acceptors (Lipinski definition) is 5. The van der Waals surface area contributed by atoms with Gasteiger partial charge in [0.2, 0.25) is 0 Å². The summed E-state index contributed by atoms with van der Waals surface area (Å²) in [5.74, 6) is -1.79. The number of carbonyl (C=O) groups excluding carboxylic acids is 2. The average molecular weight is 373 g/mol. The first kappa shape index (κ1) is 18.8. The van der Waals surface area contributed by atoms with Crippen LogP contribution in [0.25, 0.3) is 0 Å². The van der Waals surface area contributed by atoms with Crippen LogP contribution in [0, 0.1) is 12.7 Å². The van der Waals surface area contributed by atoms with E-state index in [0.717, 1.165) is 38.1 Å². The second-order valence-corrected chi connectivity index (χ2v) is 6.55. The predicted molar refractivity (Wildman–Crippen MR) is 97.4 cm³/mol. The largest absolute Gasteiger partial charge is 0.427 e. The highest BCUT2D eigenvalue weighted by Crippen LogP contribution is 2.24. The zero-order valence-electron chi connectivity index (χ0n) is 14.8. The van der Waals surface area contributed by atoms with Crippen molar-refractivity contribution in [1.82, 2.24) is 5.32 Å². The third-order valence-corrected chi connectivity index (χ3v) is 4.58. The quantitative estimate of drug-likeness (QED) is 0.757. The topological polar surface area (TPSA) is 114 Å². The molecular formula is C19H20FN3O4. The van der Waals surface area contributed by atoms with E-state index in [1.165, 1.54) is 6.07 Å². The number of anilines is 1. The van der Waals surface area contributed by atoms with Gasteiger partial charge in [-0.3, -0.25) is 9.59 Å². The molecule has 2 aromatic rings. The molecule has 2 amide bonds. The van der Waals surface area contributed by atoms with Gasteiger partial charge in [0, 0.05) is 18.2 Å². The number of benzene rings is 1. The molecule has 2 heterocycles. The molecule has 1 fully saturated rings. The highest BCUT2D eigenvalue weighted by molar-refractivity contribution is 6.05. The van der Waals surface area contributed by atoms with Crippen molar-refractivity contribution in [2.45, 2.75) is 25.7 Å². The van der Waals surface area contributed by atoms with Crippen molar-refractivity contribution in [2.75, 3.05) is 18.4 Å². The molecule has 0 bridgehead atoms. The Labute approximate surface area is 154 Å². The molecule has 0 spiro atoms. The first-order chi connectivity index (χ1) is 12.9. The molecule has 1 aromatic heterocycles. The Bertz CT molecular complexity index is 948. The number of aryl methyl sites for hydroxylation is 1. The predicted octanol–water partition coefficient (Wildman–Crippen LogP) is 1.91. The number of rotatable bonds is 4. The molecule has 1 saturated heterocycles. The molecule has 27 heavy (non-hydrogen) atoms. The second-order valence-electron chi connectivity index (χ2n) is 6.55. The average Bonchev–Trinajstić information content (AvgIpc) is 2.63. The van der Waals surface area contributed by atoms with Crippen LogP contribution >= 0.6 is 0 Å². The van der Waals surface area contributed by atoms with Crippen molar-refractivity contribution in [2.24, 2.45) is 5.73 Å². The summed E-state index contributed by atoms with van der Waals surface area (Å²) in [7, 11) is 0. The number of halogens is 1. The molecular weight excluding hydrogens is 353 g/mol. The Morgan fingerprint density at radius 2 is 2.11 bits per heavy atom. The van der Waals surface area contributed by atoms with E-state index in [4.69, 9.17) is 10.2 Å². The lowest BCUT2D eigenvalue weighted by atomic mass is 9.95. The van der Waals surface area contributed by atoms with Gasteiger partial charge in [-0.2, -0.15) is 0 Å². The molecule has 1 aromatic carbocycles. The van der Waals surface area contributed by atoms with Gasteiger partial charge in [-0.25, -0.2) is 9.18 Å². The van der Waals surface area contributed by atoms with E-state index in [-0.39, 0.29) is 22.7 Å². The Morgan fingerprint density at radius 3 is 2.74 bits per heavy atom. The van der Waals surface area contributed by atoms with Gasteiger partial charge in [0.25, 0.3) is 11.8 Å². The maximum absolute atomic E-state index is 13.5. The number of hydrogen-bond donors (Lipinski definition) is 3. The summed E-state index contributed by atoms with van der Waals surface area (Å²) in [5.41, 5.74) is 4.52. The summed E-state index contributed by atoms with van der Waals surface area (Å²) in [6.07, 6.45) is 1.90. The van der Waals surface area contributed by atoms with Crippen molar-refractivity contribution in [3.63, 3.8) is 0 Å². The normalized spacial score (nSPS) is 16.7. The van der Waals surface area contributed by atoms with E-state index in [2.05, 4.69) is 10.6 Å². The summed E-state index contributed by atoms with van der Waals surface area (Å²) in [5, 5.41) is 5.73. The molecule has 0 saturated carbocycles. The van der Waals surface area contributed by atoms with Crippen molar-refractivity contribution < 1.29 is 18.4 Å². The third-order valence-electron chi connectivity index (χ3n) is 4.58. The Balaban J connectivity index is 1.86. The van der Waals surface area contributed by atoms with Crippen LogP contribution in [0.1, 0.15) is 50.8 Å². The molecule has 1 aliphatic rings. The van der Waals surface area contributed by atoms with Crippen molar-refractivity contribution in [3.8, 4) is 0 Å².